The summed E-state index contributed by atoms with van der Waals surface area (Å²) < 4.78 is 68.0. The Morgan fingerprint density at radius 2 is 2.10 bits per heavy atom. The van der Waals surface area contributed by atoms with E-state index in [-0.39, 0.29) is 0 Å². The standard InChI is InChI=1S/C11H7F5N2O2/c1-20-7(19)3-5-2-6(4-17)18-9(11(14,15)16)8(5)10(12)13/h2,10H,3H2,1H3. The van der Waals surface area contributed by atoms with Crippen LogP contribution in [0.5, 0.6) is 0 Å². The first-order chi connectivity index (χ1) is 9.20. The number of pyridine rings is 1. The third kappa shape index (κ3) is 3.40. The minimum Gasteiger partial charge on any atom is -0.469 e. The molecule has 0 amide bonds. The second-order valence-corrected chi connectivity index (χ2v) is 3.59. The van der Waals surface area contributed by atoms with Crippen LogP contribution in [0.2, 0.25) is 0 Å². The molecule has 0 aliphatic heterocycles. The van der Waals surface area contributed by atoms with Crippen molar-refractivity contribution in [2.45, 2.75) is 19.0 Å². The van der Waals surface area contributed by atoms with Crippen LogP contribution in [0.1, 0.15) is 28.9 Å². The predicted octanol–water partition coefficient (Wildman–Crippen LogP) is 2.63. The van der Waals surface area contributed by atoms with E-state index in [1.54, 1.807) is 0 Å². The second-order valence-electron chi connectivity index (χ2n) is 3.59. The van der Waals surface area contributed by atoms with Crippen LogP contribution in [0.4, 0.5) is 22.0 Å². The Morgan fingerprint density at radius 3 is 2.50 bits per heavy atom. The summed E-state index contributed by atoms with van der Waals surface area (Å²) >= 11 is 0. The Labute approximate surface area is 109 Å². The van der Waals surface area contributed by atoms with Gasteiger partial charge in [0, 0.05) is 0 Å². The molecule has 0 fully saturated rings. The summed E-state index contributed by atoms with van der Waals surface area (Å²) in [5.74, 6) is -1.00. The molecule has 0 saturated carbocycles. The summed E-state index contributed by atoms with van der Waals surface area (Å²) in [7, 11) is 0.960. The number of carbonyl (C=O) groups is 1. The first kappa shape index (κ1) is 15.8. The molecular formula is C11H7F5N2O2. The molecule has 9 heteroatoms. The molecule has 1 rings (SSSR count). The molecule has 0 spiro atoms. The maximum absolute atomic E-state index is 12.8. The minimum absolute atomic E-state index is 0.634. The second kappa shape index (κ2) is 5.81. The molecule has 108 valence electrons. The molecule has 1 aromatic heterocycles. The van der Waals surface area contributed by atoms with Crippen LogP contribution in [0.3, 0.4) is 0 Å². The third-order valence-electron chi connectivity index (χ3n) is 2.31. The van der Waals surface area contributed by atoms with Crippen molar-refractivity contribution in [2.24, 2.45) is 0 Å². The number of rotatable bonds is 3. The molecule has 0 aromatic carbocycles. The normalized spacial score (nSPS) is 11.3. The molecule has 0 bridgehead atoms. The lowest BCUT2D eigenvalue weighted by atomic mass is 10.0. The number of esters is 1. The summed E-state index contributed by atoms with van der Waals surface area (Å²) in [6.45, 7) is 0. The Kier molecular flexibility index (Phi) is 4.60. The molecule has 0 aliphatic carbocycles. The van der Waals surface area contributed by atoms with Gasteiger partial charge in [0.05, 0.1) is 19.1 Å². The van der Waals surface area contributed by atoms with Gasteiger partial charge in [-0.2, -0.15) is 18.4 Å². The van der Waals surface area contributed by atoms with Gasteiger partial charge in [-0.1, -0.05) is 0 Å². The van der Waals surface area contributed by atoms with Crippen LogP contribution in [-0.4, -0.2) is 18.1 Å². The van der Waals surface area contributed by atoms with Gasteiger partial charge in [-0.05, 0) is 11.6 Å². The maximum Gasteiger partial charge on any atom is 0.433 e. The lowest BCUT2D eigenvalue weighted by Crippen LogP contribution is -2.17. The Bertz CT molecular complexity index is 563. The third-order valence-corrected chi connectivity index (χ3v) is 2.31. The number of ether oxygens (including phenoxy) is 1. The smallest absolute Gasteiger partial charge is 0.433 e. The number of halogens is 5. The highest BCUT2D eigenvalue weighted by molar-refractivity contribution is 5.73. The minimum atomic E-state index is -5.16. The van der Waals surface area contributed by atoms with Crippen molar-refractivity contribution in [3.8, 4) is 6.07 Å². The number of nitrogens with zero attached hydrogens (tertiary/aromatic N) is 2. The largest absolute Gasteiger partial charge is 0.469 e. The molecular weight excluding hydrogens is 287 g/mol. The number of hydrogen-bond acceptors (Lipinski definition) is 4. The van der Waals surface area contributed by atoms with E-state index < -0.39 is 47.5 Å². The van der Waals surface area contributed by atoms with Crippen LogP contribution < -0.4 is 0 Å². The predicted molar refractivity (Wildman–Crippen MR) is 54.6 cm³/mol. The van der Waals surface area contributed by atoms with Gasteiger partial charge in [0.1, 0.15) is 11.8 Å². The fourth-order valence-corrected chi connectivity index (χ4v) is 1.50. The molecule has 1 aromatic rings. The Hall–Kier alpha value is -2.24. The van der Waals surface area contributed by atoms with Crippen molar-refractivity contribution < 1.29 is 31.5 Å². The van der Waals surface area contributed by atoms with E-state index in [1.165, 1.54) is 6.07 Å². The molecule has 0 aliphatic rings. The first-order valence-electron chi connectivity index (χ1n) is 5.06. The zero-order chi connectivity index (χ0) is 15.5. The van der Waals surface area contributed by atoms with Gasteiger partial charge in [-0.3, -0.25) is 4.79 Å². The zero-order valence-electron chi connectivity index (χ0n) is 9.96. The number of alkyl halides is 5. The molecule has 0 atom stereocenters. The van der Waals surface area contributed by atoms with Crippen molar-refractivity contribution in [1.29, 1.82) is 5.26 Å². The highest BCUT2D eigenvalue weighted by Crippen LogP contribution is 2.37. The van der Waals surface area contributed by atoms with Crippen molar-refractivity contribution >= 4 is 5.97 Å². The SMILES string of the molecule is COC(=O)Cc1cc(C#N)nc(C(F)(F)F)c1C(F)F. The number of hydrogen-bond donors (Lipinski definition) is 0. The molecule has 1 heterocycles. The van der Waals surface area contributed by atoms with E-state index in [9.17, 15) is 26.7 Å². The Morgan fingerprint density at radius 1 is 1.50 bits per heavy atom. The monoisotopic (exact) mass is 294 g/mol. The molecule has 0 radical (unpaired) electrons. The number of nitriles is 1. The maximum atomic E-state index is 12.8. The van der Waals surface area contributed by atoms with Gasteiger partial charge in [0.25, 0.3) is 6.43 Å². The van der Waals surface area contributed by atoms with E-state index in [0.717, 1.165) is 7.11 Å². The van der Waals surface area contributed by atoms with Crippen LogP contribution in [0.15, 0.2) is 6.07 Å². The van der Waals surface area contributed by atoms with Gasteiger partial charge >= 0.3 is 12.1 Å². The molecule has 20 heavy (non-hydrogen) atoms. The number of aromatic nitrogens is 1. The molecule has 0 saturated heterocycles. The van der Waals surface area contributed by atoms with E-state index in [0.29, 0.717) is 6.07 Å². The molecule has 0 unspecified atom stereocenters. The number of methoxy groups -OCH3 is 1. The van der Waals surface area contributed by atoms with Crippen LogP contribution in [0.25, 0.3) is 0 Å². The van der Waals surface area contributed by atoms with Crippen molar-refractivity contribution in [1.82, 2.24) is 4.98 Å². The molecule has 0 N–H and O–H groups in total. The lowest BCUT2D eigenvalue weighted by Gasteiger charge is -2.15. The van der Waals surface area contributed by atoms with Gasteiger partial charge in [-0.25, -0.2) is 13.8 Å². The van der Waals surface area contributed by atoms with Crippen molar-refractivity contribution in [2.75, 3.05) is 7.11 Å². The van der Waals surface area contributed by atoms with E-state index in [2.05, 4.69) is 9.72 Å². The van der Waals surface area contributed by atoms with Gasteiger partial charge < -0.3 is 4.74 Å². The first-order valence-corrected chi connectivity index (χ1v) is 5.06. The number of carbonyl (C=O) groups excluding carboxylic acids is 1. The Balaban J connectivity index is 3.55. The summed E-state index contributed by atoms with van der Waals surface area (Å²) in [5, 5.41) is 8.59. The van der Waals surface area contributed by atoms with Gasteiger partial charge in [0.2, 0.25) is 0 Å². The fraction of sp³-hybridized carbons (Fsp3) is 0.364. The van der Waals surface area contributed by atoms with Crippen molar-refractivity contribution in [3.05, 3.63) is 28.6 Å². The van der Waals surface area contributed by atoms with E-state index in [1.807, 2.05) is 0 Å². The highest BCUT2D eigenvalue weighted by Gasteiger charge is 2.39. The van der Waals surface area contributed by atoms with Crippen LogP contribution >= 0.6 is 0 Å². The summed E-state index contributed by atoms with van der Waals surface area (Å²) in [6, 6.07) is 2.05. The highest BCUT2D eigenvalue weighted by atomic mass is 19.4. The topological polar surface area (TPSA) is 63.0 Å². The van der Waals surface area contributed by atoms with E-state index >= 15 is 0 Å². The average Bonchev–Trinajstić information content (AvgIpc) is 2.36. The van der Waals surface area contributed by atoms with Crippen LogP contribution in [-0.2, 0) is 22.1 Å². The molecule has 4 nitrogen and oxygen atoms in total. The lowest BCUT2D eigenvalue weighted by molar-refractivity contribution is -0.144. The average molecular weight is 294 g/mol. The van der Waals surface area contributed by atoms with Crippen molar-refractivity contribution in [3.63, 3.8) is 0 Å². The quantitative estimate of drug-likeness (QED) is 0.635. The summed E-state index contributed by atoms with van der Waals surface area (Å²) in [5.41, 5.74) is -4.63. The van der Waals surface area contributed by atoms with E-state index in [4.69, 9.17) is 5.26 Å². The fourth-order valence-electron chi connectivity index (χ4n) is 1.50. The van der Waals surface area contributed by atoms with Gasteiger partial charge in [-0.15, -0.1) is 0 Å². The van der Waals surface area contributed by atoms with Crippen LogP contribution in [0, 0.1) is 11.3 Å². The zero-order valence-corrected chi connectivity index (χ0v) is 9.96. The summed E-state index contributed by atoms with van der Waals surface area (Å²) in [6.07, 6.45) is -9.47. The van der Waals surface area contributed by atoms with Gasteiger partial charge in [0.15, 0.2) is 5.69 Å². The summed E-state index contributed by atoms with van der Waals surface area (Å²) in [4.78, 5) is 13.9.